The molecule has 2 heterocycles. The Balaban J connectivity index is 1.37. The average Bonchev–Trinajstić information content (AvgIpc) is 3.25. The summed E-state index contributed by atoms with van der Waals surface area (Å²) in [5.74, 6) is 0.220. The summed E-state index contributed by atoms with van der Waals surface area (Å²) in [7, 11) is 1.50. The van der Waals surface area contributed by atoms with E-state index < -0.39 is 29.2 Å². The van der Waals surface area contributed by atoms with Gasteiger partial charge in [-0.05, 0) is 64.4 Å². The number of likely N-dealkylation sites (tertiary alicyclic amines) is 1. The number of β-amino-alcohol motifs (C(OH)–C–C–N with tert-alkyl or cyclic N) is 1. The average molecular weight is 624 g/mol. The molecule has 2 N–H and O–H groups in total. The number of nitrogens with one attached hydrogen (secondary N) is 1. The first-order valence-electron chi connectivity index (χ1n) is 14.1. The number of rotatable bonds is 9. The maximum Gasteiger partial charge on any atom is 0.350 e. The first kappa shape index (κ1) is 32.2. The maximum atomic E-state index is 12.7. The fourth-order valence-electron chi connectivity index (χ4n) is 5.12. The number of amides is 1. The number of nitrogens with zero attached hydrogens (tertiary/aromatic N) is 1. The van der Waals surface area contributed by atoms with Gasteiger partial charge in [0, 0.05) is 57.0 Å². The van der Waals surface area contributed by atoms with E-state index in [1.54, 1.807) is 34.6 Å². The molecule has 0 saturated carbocycles. The van der Waals surface area contributed by atoms with Gasteiger partial charge in [0.05, 0.1) is 10.6 Å². The smallest absolute Gasteiger partial charge is 0.350 e. The Labute approximate surface area is 257 Å². The van der Waals surface area contributed by atoms with Crippen molar-refractivity contribution in [2.75, 3.05) is 33.3 Å². The molecule has 11 heteroatoms. The molecule has 9 nitrogen and oxygen atoms in total. The van der Waals surface area contributed by atoms with E-state index in [4.69, 9.17) is 42.1 Å². The van der Waals surface area contributed by atoms with Gasteiger partial charge >= 0.3 is 5.97 Å². The van der Waals surface area contributed by atoms with E-state index in [0.29, 0.717) is 11.6 Å². The second-order valence-corrected chi connectivity index (χ2v) is 13.3. The van der Waals surface area contributed by atoms with Crippen molar-refractivity contribution in [1.29, 1.82) is 0 Å². The number of aliphatic hydroxyl groups excluding tert-OH is 1. The highest BCUT2D eigenvalue weighted by molar-refractivity contribution is 6.32. The number of piperidine rings is 1. The number of carbonyl (C=O) groups excluding carboxylic acids is 2. The van der Waals surface area contributed by atoms with E-state index in [1.165, 1.54) is 19.2 Å². The summed E-state index contributed by atoms with van der Waals surface area (Å²) in [5.41, 5.74) is -0.995. The van der Waals surface area contributed by atoms with Crippen LogP contribution < -0.4 is 19.5 Å². The second kappa shape index (κ2) is 12.5. The van der Waals surface area contributed by atoms with Gasteiger partial charge in [-0.15, -0.1) is 0 Å². The van der Waals surface area contributed by atoms with Crippen LogP contribution >= 0.6 is 23.2 Å². The van der Waals surface area contributed by atoms with Crippen LogP contribution in [0.4, 0.5) is 0 Å². The first-order chi connectivity index (χ1) is 19.6. The molecule has 230 valence electrons. The van der Waals surface area contributed by atoms with Crippen molar-refractivity contribution in [3.63, 3.8) is 0 Å². The van der Waals surface area contributed by atoms with E-state index >= 15 is 0 Å². The molecule has 2 aliphatic heterocycles. The van der Waals surface area contributed by atoms with E-state index in [2.05, 4.69) is 10.2 Å². The van der Waals surface area contributed by atoms with Crippen LogP contribution in [-0.4, -0.2) is 78.1 Å². The lowest BCUT2D eigenvalue weighted by atomic mass is 9.87. The predicted molar refractivity (Wildman–Crippen MR) is 161 cm³/mol. The zero-order valence-electron chi connectivity index (χ0n) is 25.0. The number of aliphatic hydroxyl groups is 1. The topological polar surface area (TPSA) is 107 Å². The van der Waals surface area contributed by atoms with E-state index in [1.807, 2.05) is 18.2 Å². The van der Waals surface area contributed by atoms with E-state index in [0.717, 1.165) is 43.7 Å². The number of carbonyl (C=O) groups is 2. The normalized spacial score (nSPS) is 17.3. The summed E-state index contributed by atoms with van der Waals surface area (Å²) >= 11 is 12.6. The van der Waals surface area contributed by atoms with Crippen LogP contribution in [0.3, 0.4) is 0 Å². The van der Waals surface area contributed by atoms with Gasteiger partial charge < -0.3 is 34.3 Å². The van der Waals surface area contributed by atoms with Gasteiger partial charge in [-0.3, -0.25) is 4.79 Å². The quantitative estimate of drug-likeness (QED) is 0.374. The molecule has 0 unspecified atom stereocenters. The molecule has 2 aliphatic rings. The lowest BCUT2D eigenvalue weighted by Gasteiger charge is -2.39. The summed E-state index contributed by atoms with van der Waals surface area (Å²) in [6, 6.07) is 8.62. The van der Waals surface area contributed by atoms with Crippen molar-refractivity contribution in [3.05, 3.63) is 51.5 Å². The van der Waals surface area contributed by atoms with Gasteiger partial charge in [-0.2, -0.15) is 0 Å². The van der Waals surface area contributed by atoms with Crippen LogP contribution in [0.2, 0.25) is 10.0 Å². The molecule has 0 radical (unpaired) electrons. The van der Waals surface area contributed by atoms with E-state index in [9.17, 15) is 14.7 Å². The summed E-state index contributed by atoms with van der Waals surface area (Å²) in [4.78, 5) is 27.5. The van der Waals surface area contributed by atoms with Crippen molar-refractivity contribution < 1.29 is 33.6 Å². The minimum Gasteiger partial charge on any atom is -0.490 e. The highest BCUT2D eigenvalue weighted by atomic mass is 35.5. The highest BCUT2D eigenvalue weighted by Gasteiger charge is 2.42. The Bertz CT molecular complexity index is 1320. The lowest BCUT2D eigenvalue weighted by Crippen LogP contribution is -2.49. The van der Waals surface area contributed by atoms with Crippen LogP contribution in [0.15, 0.2) is 30.3 Å². The molecule has 2 aromatic carbocycles. The summed E-state index contributed by atoms with van der Waals surface area (Å²) < 4.78 is 23.7. The largest absolute Gasteiger partial charge is 0.490 e. The van der Waals surface area contributed by atoms with Crippen LogP contribution in [-0.2, 0) is 16.0 Å². The minimum atomic E-state index is -1.37. The highest BCUT2D eigenvalue weighted by Crippen LogP contribution is 2.42. The Hall–Kier alpha value is -2.72. The standard InChI is InChI=1S/C31H40Cl2N2O7/c1-29(2,3)42-28(38)30(4,5)40-26-15-25(22(14-23(26)33)27(37)34-6)39-18-21(36)17-35-11-9-31(10-12-35)16-19-13-20(32)7-8-24(19)41-31/h7-8,13-15,21,36H,9-12,16-18H2,1-6H3,(H,34,37)/t21-/m0/s1. The monoisotopic (exact) mass is 622 g/mol. The Morgan fingerprint density at radius 3 is 2.43 bits per heavy atom. The number of hydrogen-bond donors (Lipinski definition) is 2. The number of ether oxygens (including phenoxy) is 4. The number of esters is 1. The van der Waals surface area contributed by atoms with Crippen molar-refractivity contribution in [2.45, 2.75) is 76.8 Å². The minimum absolute atomic E-state index is 0.0669. The third-order valence-corrected chi connectivity index (χ3v) is 7.82. The molecule has 1 saturated heterocycles. The van der Waals surface area contributed by atoms with Gasteiger partial charge in [0.25, 0.3) is 5.91 Å². The summed E-state index contributed by atoms with van der Waals surface area (Å²) in [6.45, 7) is 10.3. The molecule has 1 spiro atoms. The fraction of sp³-hybridized carbons (Fsp3) is 0.548. The Kier molecular flexibility index (Phi) is 9.57. The molecule has 0 aliphatic carbocycles. The zero-order valence-corrected chi connectivity index (χ0v) is 26.5. The molecule has 1 amide bonds. The molecule has 4 rings (SSSR count). The van der Waals surface area contributed by atoms with Crippen LogP contribution in [0, 0.1) is 0 Å². The molecular weight excluding hydrogens is 583 g/mol. The molecule has 1 atom stereocenters. The van der Waals surface area contributed by atoms with Crippen LogP contribution in [0.5, 0.6) is 17.2 Å². The summed E-state index contributed by atoms with van der Waals surface area (Å²) in [5, 5.41) is 14.2. The molecule has 0 bridgehead atoms. The molecule has 0 aromatic heterocycles. The first-order valence-corrected chi connectivity index (χ1v) is 14.8. The zero-order chi connectivity index (χ0) is 30.9. The molecule has 2 aromatic rings. The van der Waals surface area contributed by atoms with Gasteiger partial charge in [0.15, 0.2) is 5.60 Å². The van der Waals surface area contributed by atoms with Crippen LogP contribution in [0.25, 0.3) is 0 Å². The predicted octanol–water partition coefficient (Wildman–Crippen LogP) is 5.06. The van der Waals surface area contributed by atoms with E-state index in [-0.39, 0.29) is 34.3 Å². The van der Waals surface area contributed by atoms with Crippen LogP contribution in [0.1, 0.15) is 63.4 Å². The van der Waals surface area contributed by atoms with Crippen molar-refractivity contribution >= 4 is 35.1 Å². The molecular formula is C31H40Cl2N2O7. The summed E-state index contributed by atoms with van der Waals surface area (Å²) in [6.07, 6.45) is 1.67. The van der Waals surface area contributed by atoms with Crippen molar-refractivity contribution in [1.82, 2.24) is 10.2 Å². The number of hydrogen-bond acceptors (Lipinski definition) is 8. The lowest BCUT2D eigenvalue weighted by molar-refractivity contribution is -0.170. The number of halogens is 2. The van der Waals surface area contributed by atoms with Gasteiger partial charge in [0.1, 0.15) is 41.2 Å². The number of benzene rings is 2. The SMILES string of the molecule is CNC(=O)c1cc(Cl)c(OC(C)(C)C(=O)OC(C)(C)C)cc1OC[C@@H](O)CN1CCC2(CC1)Cc1cc(Cl)ccc1O2. The number of fused-ring (bicyclic) bond motifs is 1. The maximum absolute atomic E-state index is 12.7. The Morgan fingerprint density at radius 2 is 1.79 bits per heavy atom. The van der Waals surface area contributed by atoms with Crippen molar-refractivity contribution in [2.24, 2.45) is 0 Å². The van der Waals surface area contributed by atoms with Gasteiger partial charge in [-0.25, -0.2) is 4.79 Å². The third-order valence-electron chi connectivity index (χ3n) is 7.29. The third kappa shape index (κ3) is 7.81. The molecule has 1 fully saturated rings. The van der Waals surface area contributed by atoms with Crippen molar-refractivity contribution in [3.8, 4) is 17.2 Å². The van der Waals surface area contributed by atoms with Gasteiger partial charge in [-0.1, -0.05) is 23.2 Å². The fourth-order valence-corrected chi connectivity index (χ4v) is 5.52. The van der Waals surface area contributed by atoms with Gasteiger partial charge in [0.2, 0.25) is 0 Å². The molecule has 42 heavy (non-hydrogen) atoms. The second-order valence-electron chi connectivity index (χ2n) is 12.5. The Morgan fingerprint density at radius 1 is 1.10 bits per heavy atom.